The van der Waals surface area contributed by atoms with Gasteiger partial charge in [-0.2, -0.15) is 0 Å². The van der Waals surface area contributed by atoms with Gasteiger partial charge in [0.15, 0.2) is 18.1 Å². The van der Waals surface area contributed by atoms with Crippen molar-refractivity contribution in [1.82, 2.24) is 5.32 Å². The molecule has 0 aromatic heterocycles. The van der Waals surface area contributed by atoms with E-state index in [0.29, 0.717) is 42.5 Å². The maximum absolute atomic E-state index is 12.2. The number of hydrogen-bond donors (Lipinski definition) is 2. The first-order valence-corrected chi connectivity index (χ1v) is 11.1. The summed E-state index contributed by atoms with van der Waals surface area (Å²) in [6.07, 6.45) is 1.71. The Morgan fingerprint density at radius 2 is 2.13 bits per heavy atom. The molecule has 1 fully saturated rings. The Morgan fingerprint density at radius 1 is 1.33 bits per heavy atom. The predicted octanol–water partition coefficient (Wildman–Crippen LogP) is 5.01. The SMILES string of the molecule is CCOc1cc(/C=C2\SC(=S)NC2=O)cc(Br)c1OCC(=O)Nc1cccc(Cl)c1. The Morgan fingerprint density at radius 3 is 2.80 bits per heavy atom. The van der Waals surface area contributed by atoms with Crippen LogP contribution in [0.1, 0.15) is 12.5 Å². The molecule has 3 rings (SSSR count). The highest BCUT2D eigenvalue weighted by Gasteiger charge is 2.22. The molecule has 30 heavy (non-hydrogen) atoms. The van der Waals surface area contributed by atoms with Crippen LogP contribution >= 0.6 is 51.5 Å². The molecule has 1 aliphatic rings. The van der Waals surface area contributed by atoms with Gasteiger partial charge in [0.1, 0.15) is 4.32 Å². The quantitative estimate of drug-likeness (QED) is 0.389. The number of carbonyl (C=O) groups excluding carboxylic acids is 2. The Balaban J connectivity index is 1.75. The van der Waals surface area contributed by atoms with Crippen LogP contribution in [-0.4, -0.2) is 29.3 Å². The number of halogens is 2. The van der Waals surface area contributed by atoms with Crippen molar-refractivity contribution in [2.45, 2.75) is 6.92 Å². The summed E-state index contributed by atoms with van der Waals surface area (Å²) in [5, 5.41) is 5.82. The maximum Gasteiger partial charge on any atom is 0.263 e. The summed E-state index contributed by atoms with van der Waals surface area (Å²) < 4.78 is 12.4. The molecule has 2 amide bonds. The number of anilines is 1. The topological polar surface area (TPSA) is 76.7 Å². The molecule has 0 radical (unpaired) electrons. The number of thioether (sulfide) groups is 1. The lowest BCUT2D eigenvalue weighted by molar-refractivity contribution is -0.118. The van der Waals surface area contributed by atoms with Gasteiger partial charge >= 0.3 is 0 Å². The fraction of sp³-hybridized carbons (Fsp3) is 0.150. The molecule has 0 spiro atoms. The van der Waals surface area contributed by atoms with Crippen LogP contribution in [-0.2, 0) is 9.59 Å². The van der Waals surface area contributed by atoms with Crippen molar-refractivity contribution in [2.75, 3.05) is 18.5 Å². The fourth-order valence-corrected chi connectivity index (χ4v) is 4.36. The zero-order chi connectivity index (χ0) is 21.7. The zero-order valence-electron chi connectivity index (χ0n) is 15.7. The van der Waals surface area contributed by atoms with E-state index in [9.17, 15) is 9.59 Å². The number of amides is 2. The van der Waals surface area contributed by atoms with Crippen molar-refractivity contribution >= 4 is 79.4 Å². The van der Waals surface area contributed by atoms with E-state index in [1.165, 1.54) is 11.8 Å². The zero-order valence-corrected chi connectivity index (χ0v) is 19.6. The summed E-state index contributed by atoms with van der Waals surface area (Å²) in [6, 6.07) is 10.3. The smallest absolute Gasteiger partial charge is 0.263 e. The van der Waals surface area contributed by atoms with Crippen LogP contribution in [0.5, 0.6) is 11.5 Å². The first kappa shape index (κ1) is 22.6. The summed E-state index contributed by atoms with van der Waals surface area (Å²) in [4.78, 5) is 24.6. The minimum absolute atomic E-state index is 0.224. The first-order valence-electron chi connectivity index (χ1n) is 8.75. The average Bonchev–Trinajstić information content (AvgIpc) is 2.98. The number of hydrogen-bond acceptors (Lipinski definition) is 6. The molecule has 10 heteroatoms. The van der Waals surface area contributed by atoms with E-state index < -0.39 is 0 Å². The molecule has 0 bridgehead atoms. The molecular formula is C20H16BrClN2O4S2. The lowest BCUT2D eigenvalue weighted by atomic mass is 10.2. The molecule has 2 N–H and O–H groups in total. The van der Waals surface area contributed by atoms with Crippen LogP contribution in [0.15, 0.2) is 45.8 Å². The molecule has 6 nitrogen and oxygen atoms in total. The molecule has 2 aromatic rings. The average molecular weight is 528 g/mol. The van der Waals surface area contributed by atoms with Gasteiger partial charge in [0.05, 0.1) is 16.0 Å². The van der Waals surface area contributed by atoms with Crippen LogP contribution in [0.4, 0.5) is 5.69 Å². The molecule has 1 heterocycles. The second kappa shape index (κ2) is 10.3. The first-order chi connectivity index (χ1) is 14.4. The van der Waals surface area contributed by atoms with Crippen LogP contribution in [0.3, 0.4) is 0 Å². The van der Waals surface area contributed by atoms with Gasteiger partial charge in [-0.25, -0.2) is 0 Å². The number of nitrogens with one attached hydrogen (secondary N) is 2. The van der Waals surface area contributed by atoms with Crippen LogP contribution < -0.4 is 20.1 Å². The van der Waals surface area contributed by atoms with Crippen molar-refractivity contribution in [2.24, 2.45) is 0 Å². The third kappa shape index (κ3) is 5.98. The Bertz CT molecular complexity index is 1050. The van der Waals surface area contributed by atoms with E-state index in [2.05, 4.69) is 26.6 Å². The van der Waals surface area contributed by atoms with Gasteiger partial charge in [0, 0.05) is 10.7 Å². The molecule has 156 valence electrons. The summed E-state index contributed by atoms with van der Waals surface area (Å²) in [6.45, 7) is 2.02. The molecular weight excluding hydrogens is 512 g/mol. The van der Waals surface area contributed by atoms with Crippen LogP contribution in [0, 0.1) is 0 Å². The van der Waals surface area contributed by atoms with E-state index in [4.69, 9.17) is 33.3 Å². The lowest BCUT2D eigenvalue weighted by Crippen LogP contribution is -2.20. The summed E-state index contributed by atoms with van der Waals surface area (Å²) in [5.74, 6) is 0.252. The largest absolute Gasteiger partial charge is 0.490 e. The standard InChI is InChI=1S/C20H16BrClN2O4S2/c1-2-27-15-7-11(8-16-19(26)24-20(29)30-16)6-14(21)18(15)28-10-17(25)23-13-5-3-4-12(22)9-13/h3-9H,2,10H2,1H3,(H,23,25)(H,24,26,29)/b16-8-. The second-order valence-electron chi connectivity index (χ2n) is 5.96. The molecule has 2 aromatic carbocycles. The lowest BCUT2D eigenvalue weighted by Gasteiger charge is -2.15. The number of carbonyl (C=O) groups is 2. The van der Waals surface area contributed by atoms with Gasteiger partial charge in [0.25, 0.3) is 11.8 Å². The highest BCUT2D eigenvalue weighted by molar-refractivity contribution is 9.10. The van der Waals surface area contributed by atoms with Crippen molar-refractivity contribution < 1.29 is 19.1 Å². The molecule has 0 atom stereocenters. The highest BCUT2D eigenvalue weighted by Crippen LogP contribution is 2.38. The van der Waals surface area contributed by atoms with Crippen molar-refractivity contribution in [3.05, 3.63) is 56.4 Å². The Kier molecular flexibility index (Phi) is 7.76. The fourth-order valence-electron chi connectivity index (χ4n) is 2.55. The van der Waals surface area contributed by atoms with Crippen molar-refractivity contribution in [1.29, 1.82) is 0 Å². The van der Waals surface area contributed by atoms with Crippen molar-refractivity contribution in [3.63, 3.8) is 0 Å². The van der Waals surface area contributed by atoms with Gasteiger partial charge in [-0.15, -0.1) is 0 Å². The number of ether oxygens (including phenoxy) is 2. The molecule has 0 aliphatic carbocycles. The predicted molar refractivity (Wildman–Crippen MR) is 127 cm³/mol. The van der Waals surface area contributed by atoms with E-state index in [0.717, 1.165) is 5.56 Å². The summed E-state index contributed by atoms with van der Waals surface area (Å²) in [5.41, 5.74) is 1.30. The van der Waals surface area contributed by atoms with Crippen LogP contribution in [0.2, 0.25) is 5.02 Å². The molecule has 1 saturated heterocycles. The van der Waals surface area contributed by atoms with Gasteiger partial charge in [-0.1, -0.05) is 41.6 Å². The third-order valence-electron chi connectivity index (χ3n) is 3.73. The normalized spacial score (nSPS) is 14.6. The number of rotatable bonds is 7. The van der Waals surface area contributed by atoms with Crippen molar-refractivity contribution in [3.8, 4) is 11.5 Å². The second-order valence-corrected chi connectivity index (χ2v) is 8.97. The highest BCUT2D eigenvalue weighted by atomic mass is 79.9. The van der Waals surface area contributed by atoms with E-state index in [1.807, 2.05) is 6.92 Å². The minimum atomic E-state index is -0.342. The minimum Gasteiger partial charge on any atom is -0.490 e. The number of benzene rings is 2. The van der Waals surface area contributed by atoms with Gasteiger partial charge in [-0.3, -0.25) is 9.59 Å². The van der Waals surface area contributed by atoms with Gasteiger partial charge in [0.2, 0.25) is 0 Å². The molecule has 0 unspecified atom stereocenters. The molecule has 0 saturated carbocycles. The maximum atomic E-state index is 12.2. The summed E-state index contributed by atoms with van der Waals surface area (Å²) in [7, 11) is 0. The van der Waals surface area contributed by atoms with Crippen LogP contribution in [0.25, 0.3) is 6.08 Å². The van der Waals surface area contributed by atoms with Gasteiger partial charge < -0.3 is 20.1 Å². The molecule has 1 aliphatic heterocycles. The third-order valence-corrected chi connectivity index (χ3v) is 5.71. The summed E-state index contributed by atoms with van der Waals surface area (Å²) >= 11 is 15.6. The monoisotopic (exact) mass is 526 g/mol. The number of thiocarbonyl (C=S) groups is 1. The van der Waals surface area contributed by atoms with E-state index in [-0.39, 0.29) is 18.4 Å². The van der Waals surface area contributed by atoms with Gasteiger partial charge in [-0.05, 0) is 64.8 Å². The van der Waals surface area contributed by atoms with E-state index in [1.54, 1.807) is 42.5 Å². The van der Waals surface area contributed by atoms with E-state index >= 15 is 0 Å². The Labute approximate surface area is 196 Å². The Hall–Kier alpha value is -2.07.